The second kappa shape index (κ2) is 10.4. The summed E-state index contributed by atoms with van der Waals surface area (Å²) in [5.41, 5.74) is 1.34. The Kier molecular flexibility index (Phi) is 7.73. The average molecular weight is 560 g/mol. The van der Waals surface area contributed by atoms with Crippen molar-refractivity contribution in [2.75, 3.05) is 18.4 Å². The number of amides is 1. The minimum absolute atomic E-state index is 0.0133. The minimum atomic E-state index is -3.88. The van der Waals surface area contributed by atoms with E-state index in [9.17, 15) is 17.6 Å². The van der Waals surface area contributed by atoms with Crippen molar-refractivity contribution in [1.29, 1.82) is 0 Å². The normalized spacial score (nSPS) is 14.8. The van der Waals surface area contributed by atoms with Crippen LogP contribution in [0.4, 0.5) is 10.2 Å². The van der Waals surface area contributed by atoms with Crippen LogP contribution in [0.2, 0.25) is 15.1 Å². The van der Waals surface area contributed by atoms with Crippen molar-refractivity contribution in [2.45, 2.75) is 37.6 Å². The maximum atomic E-state index is 13.3. The van der Waals surface area contributed by atoms with Crippen LogP contribution in [0.5, 0.6) is 0 Å². The fourth-order valence-corrected chi connectivity index (χ4v) is 6.45. The number of piperidine rings is 1. The van der Waals surface area contributed by atoms with Crippen molar-refractivity contribution in [2.24, 2.45) is 0 Å². The van der Waals surface area contributed by atoms with Gasteiger partial charge in [-0.2, -0.15) is 9.40 Å². The van der Waals surface area contributed by atoms with E-state index in [2.05, 4.69) is 10.4 Å². The molecule has 0 unspecified atom stereocenters. The molecule has 1 aliphatic rings. The molecule has 0 spiro atoms. The summed E-state index contributed by atoms with van der Waals surface area (Å²) in [6.07, 6.45) is 2.50. The molecule has 2 heterocycles. The fourth-order valence-electron chi connectivity index (χ4n) is 3.87. The number of rotatable bonds is 6. The first-order chi connectivity index (χ1) is 16.6. The molecule has 0 radical (unpaired) electrons. The third-order valence-electron chi connectivity index (χ3n) is 5.76. The summed E-state index contributed by atoms with van der Waals surface area (Å²) in [6.45, 7) is 2.86. The summed E-state index contributed by atoms with van der Waals surface area (Å²) in [5.74, 6) is -0.839. The van der Waals surface area contributed by atoms with Gasteiger partial charge in [-0.05, 0) is 49.6 Å². The van der Waals surface area contributed by atoms with Crippen molar-refractivity contribution in [1.82, 2.24) is 14.1 Å². The second-order valence-corrected chi connectivity index (χ2v) is 11.4. The average Bonchev–Trinajstić information content (AvgIpc) is 3.14. The molecule has 1 N–H and O–H groups in total. The number of carbonyl (C=O) groups excluding carboxylic acids is 1. The molecule has 1 fully saturated rings. The Morgan fingerprint density at radius 3 is 2.43 bits per heavy atom. The number of aryl methyl sites for hydroxylation is 1. The zero-order chi connectivity index (χ0) is 25.3. The molecule has 1 aromatic heterocycles. The SMILES string of the molecule is Cc1cc(NC(=O)c2cc(S(=O)(=O)N3CCCCC3)c(Cl)cc2Cl)nn1Cc1ccc(F)cc1Cl. The molecule has 1 amide bonds. The van der Waals surface area contributed by atoms with Gasteiger partial charge < -0.3 is 5.32 Å². The number of benzene rings is 2. The fraction of sp³-hybridized carbons (Fsp3) is 0.304. The van der Waals surface area contributed by atoms with Gasteiger partial charge in [0.2, 0.25) is 10.0 Å². The Hall–Kier alpha value is -2.17. The number of hydrogen-bond acceptors (Lipinski definition) is 4. The zero-order valence-corrected chi connectivity index (χ0v) is 21.8. The Bertz CT molecular complexity index is 1390. The Morgan fingerprint density at radius 1 is 1.03 bits per heavy atom. The van der Waals surface area contributed by atoms with Gasteiger partial charge in [-0.15, -0.1) is 0 Å². The van der Waals surface area contributed by atoms with Crippen LogP contribution in [0, 0.1) is 12.7 Å². The highest BCUT2D eigenvalue weighted by atomic mass is 35.5. The molecule has 1 aliphatic heterocycles. The van der Waals surface area contributed by atoms with E-state index in [0.717, 1.165) is 25.0 Å². The van der Waals surface area contributed by atoms with Gasteiger partial charge in [-0.3, -0.25) is 9.48 Å². The Morgan fingerprint density at radius 2 is 1.74 bits per heavy atom. The van der Waals surface area contributed by atoms with E-state index >= 15 is 0 Å². The molecule has 1 saturated heterocycles. The molecule has 35 heavy (non-hydrogen) atoms. The van der Waals surface area contributed by atoms with E-state index in [1.807, 2.05) is 0 Å². The number of aromatic nitrogens is 2. The Labute approximate surface area is 217 Å². The lowest BCUT2D eigenvalue weighted by Crippen LogP contribution is -2.35. The lowest BCUT2D eigenvalue weighted by atomic mass is 10.2. The lowest BCUT2D eigenvalue weighted by molar-refractivity contribution is 0.102. The summed E-state index contributed by atoms with van der Waals surface area (Å²) >= 11 is 18.6. The maximum absolute atomic E-state index is 13.3. The van der Waals surface area contributed by atoms with Crippen LogP contribution in [0.1, 0.15) is 40.9 Å². The zero-order valence-electron chi connectivity index (χ0n) is 18.7. The molecular weight excluding hydrogens is 538 g/mol. The van der Waals surface area contributed by atoms with Gasteiger partial charge in [-0.25, -0.2) is 12.8 Å². The van der Waals surface area contributed by atoms with Gasteiger partial charge in [-0.1, -0.05) is 47.3 Å². The van der Waals surface area contributed by atoms with Gasteiger partial charge in [0, 0.05) is 29.9 Å². The second-order valence-electron chi connectivity index (χ2n) is 8.25. The summed E-state index contributed by atoms with van der Waals surface area (Å²) < 4.78 is 42.6. The molecule has 7 nitrogen and oxygen atoms in total. The first-order valence-electron chi connectivity index (χ1n) is 10.8. The predicted molar refractivity (Wildman–Crippen MR) is 135 cm³/mol. The van der Waals surface area contributed by atoms with Crippen molar-refractivity contribution in [3.63, 3.8) is 0 Å². The van der Waals surface area contributed by atoms with Gasteiger partial charge in [0.1, 0.15) is 10.7 Å². The quantitative estimate of drug-likeness (QED) is 0.416. The first kappa shape index (κ1) is 25.9. The lowest BCUT2D eigenvalue weighted by Gasteiger charge is -2.26. The third kappa shape index (κ3) is 5.65. The van der Waals surface area contributed by atoms with Crippen LogP contribution in [0.15, 0.2) is 41.3 Å². The number of nitrogens with one attached hydrogen (secondary N) is 1. The molecular formula is C23H22Cl3FN4O3S. The van der Waals surface area contributed by atoms with Gasteiger partial charge in [0.15, 0.2) is 5.82 Å². The van der Waals surface area contributed by atoms with Gasteiger partial charge in [0.05, 0.1) is 22.2 Å². The van der Waals surface area contributed by atoms with Crippen LogP contribution in [0.25, 0.3) is 0 Å². The van der Waals surface area contributed by atoms with Crippen LogP contribution in [-0.2, 0) is 16.6 Å². The smallest absolute Gasteiger partial charge is 0.258 e. The number of nitrogens with zero attached hydrogens (tertiary/aromatic N) is 3. The summed E-state index contributed by atoms with van der Waals surface area (Å²) in [6, 6.07) is 8.19. The minimum Gasteiger partial charge on any atom is -0.305 e. The number of halogens is 4. The van der Waals surface area contributed by atoms with Crippen molar-refractivity contribution >= 4 is 56.6 Å². The number of carbonyl (C=O) groups is 1. The van der Waals surface area contributed by atoms with Crippen molar-refractivity contribution in [3.8, 4) is 0 Å². The van der Waals surface area contributed by atoms with Crippen molar-refractivity contribution in [3.05, 3.63) is 74.1 Å². The van der Waals surface area contributed by atoms with Gasteiger partial charge >= 0.3 is 0 Å². The van der Waals surface area contributed by atoms with E-state index in [0.29, 0.717) is 18.7 Å². The van der Waals surface area contributed by atoms with E-state index in [1.165, 1.54) is 28.6 Å². The van der Waals surface area contributed by atoms with Crippen LogP contribution in [-0.4, -0.2) is 41.5 Å². The number of sulfonamides is 1. The molecule has 0 bridgehead atoms. The highest BCUT2D eigenvalue weighted by Gasteiger charge is 2.30. The summed E-state index contributed by atoms with van der Waals surface area (Å²) in [4.78, 5) is 12.8. The molecule has 3 aromatic rings. The standard InChI is InChI=1S/C23H22Cl3FN4O3S/c1-14-9-22(29-31(14)13-15-5-6-16(27)10-18(15)24)28-23(32)17-11-21(20(26)12-19(17)25)35(33,34)30-7-3-2-4-8-30/h5-6,9-12H,2-4,7-8,13H2,1H3,(H,28,29,32). The predicted octanol–water partition coefficient (Wildman–Crippen LogP) is 5.77. The topological polar surface area (TPSA) is 84.3 Å². The van der Waals surface area contributed by atoms with E-state index < -0.39 is 21.7 Å². The van der Waals surface area contributed by atoms with Crippen LogP contribution in [0.3, 0.4) is 0 Å². The molecule has 2 aromatic carbocycles. The molecule has 186 valence electrons. The van der Waals surface area contributed by atoms with Gasteiger partial charge in [0.25, 0.3) is 5.91 Å². The third-order valence-corrected chi connectivity index (χ3v) is 8.78. The highest BCUT2D eigenvalue weighted by Crippen LogP contribution is 2.32. The van der Waals surface area contributed by atoms with Crippen LogP contribution >= 0.6 is 34.8 Å². The highest BCUT2D eigenvalue weighted by molar-refractivity contribution is 7.89. The molecule has 0 saturated carbocycles. The van der Waals surface area contributed by atoms with E-state index in [1.54, 1.807) is 23.7 Å². The van der Waals surface area contributed by atoms with E-state index in [-0.39, 0.29) is 37.9 Å². The maximum Gasteiger partial charge on any atom is 0.258 e. The summed E-state index contributed by atoms with van der Waals surface area (Å²) in [5, 5.41) is 7.24. The number of anilines is 1. The molecule has 0 atom stereocenters. The largest absolute Gasteiger partial charge is 0.305 e. The monoisotopic (exact) mass is 558 g/mol. The Balaban J connectivity index is 1.57. The van der Waals surface area contributed by atoms with E-state index in [4.69, 9.17) is 34.8 Å². The molecule has 12 heteroatoms. The molecule has 4 rings (SSSR count). The van der Waals surface area contributed by atoms with Crippen molar-refractivity contribution < 1.29 is 17.6 Å². The van der Waals surface area contributed by atoms with Crippen LogP contribution < -0.4 is 5.32 Å². The number of hydrogen-bond donors (Lipinski definition) is 1. The molecule has 0 aliphatic carbocycles. The summed E-state index contributed by atoms with van der Waals surface area (Å²) in [7, 11) is -3.88. The first-order valence-corrected chi connectivity index (χ1v) is 13.4.